The van der Waals surface area contributed by atoms with E-state index in [1.807, 2.05) is 0 Å². The van der Waals surface area contributed by atoms with Crippen molar-refractivity contribution in [3.05, 3.63) is 0 Å². The van der Waals surface area contributed by atoms with Gasteiger partial charge in [-0.25, -0.2) is 0 Å². The normalized spacial score (nSPS) is 12.9. The molecule has 1 N–H and O–H groups in total. The predicted molar refractivity (Wildman–Crippen MR) is 79.5 cm³/mol. The van der Waals surface area contributed by atoms with Gasteiger partial charge in [-0.3, -0.25) is 4.79 Å². The van der Waals surface area contributed by atoms with Crippen molar-refractivity contribution in [2.75, 3.05) is 13.7 Å². The van der Waals surface area contributed by atoms with E-state index in [1.165, 1.54) is 45.4 Å². The van der Waals surface area contributed by atoms with E-state index in [2.05, 4.69) is 4.74 Å². The summed E-state index contributed by atoms with van der Waals surface area (Å²) in [7, 11) is 1.00. The predicted octanol–water partition coefficient (Wildman–Crippen LogP) is 4.50. The van der Waals surface area contributed by atoms with Gasteiger partial charge < -0.3 is 9.84 Å². The Bertz CT molecular complexity index is 137. The topological polar surface area (TPSA) is 46.5 Å². The zero-order chi connectivity index (χ0) is 14.8. The van der Waals surface area contributed by atoms with Gasteiger partial charge in [0, 0.05) is 14.0 Å². The van der Waals surface area contributed by atoms with Gasteiger partial charge in [0.2, 0.25) is 0 Å². The van der Waals surface area contributed by atoms with Crippen LogP contribution in [0, 0.1) is 0 Å². The zero-order valence-electron chi connectivity index (χ0n) is 11.4. The third kappa shape index (κ3) is 44.1. The number of aliphatic hydroxyl groups is 1. The van der Waals surface area contributed by atoms with Crippen molar-refractivity contribution in [2.45, 2.75) is 56.7 Å². The van der Waals surface area contributed by atoms with Gasteiger partial charge in [0.15, 0.2) is 4.30 Å². The minimum absolute atomic E-state index is 0.211. The minimum atomic E-state index is -0.750. The minimum Gasteiger partial charge on any atom is -0.466 e. The molecule has 3 nitrogen and oxygen atoms in total. The van der Waals surface area contributed by atoms with Gasteiger partial charge in [-0.15, -0.1) is 0 Å². The molecule has 0 bridgehead atoms. The maximum atomic E-state index is 9.82. The smallest absolute Gasteiger partial charge is 0.302 e. The quantitative estimate of drug-likeness (QED) is 0.570. The van der Waals surface area contributed by atoms with Crippen LogP contribution in [0.5, 0.6) is 0 Å². The number of carbonyl (C=O) groups excluding carboxylic acids is 1. The fourth-order valence-corrected chi connectivity index (χ4v) is 1.26. The van der Waals surface area contributed by atoms with E-state index in [4.69, 9.17) is 39.9 Å². The number of halogens is 3. The first kappa shape index (κ1) is 23.4. The molecule has 0 spiro atoms. The van der Waals surface area contributed by atoms with E-state index in [0.29, 0.717) is 6.61 Å². The van der Waals surface area contributed by atoms with Crippen LogP contribution < -0.4 is 0 Å². The lowest BCUT2D eigenvalue weighted by Crippen LogP contribution is -1.95. The van der Waals surface area contributed by atoms with E-state index in [-0.39, 0.29) is 5.97 Å². The maximum absolute atomic E-state index is 9.82. The second kappa shape index (κ2) is 22.5. The number of ether oxygens (including phenoxy) is 1. The highest BCUT2D eigenvalue weighted by Gasteiger charge is 1.95. The number of hydrogen-bond acceptors (Lipinski definition) is 3. The third-order valence-electron chi connectivity index (χ3n) is 1.85. The summed E-state index contributed by atoms with van der Waals surface area (Å²) in [6.07, 6.45) is 9.00. The van der Waals surface area contributed by atoms with Crippen molar-refractivity contribution in [1.29, 1.82) is 0 Å². The largest absolute Gasteiger partial charge is 0.466 e. The zero-order valence-corrected chi connectivity index (χ0v) is 13.7. The SMILES string of the molecule is C1CCCCC1.CCOC(C)=O.CO.ClC(Cl)Cl. The van der Waals surface area contributed by atoms with Crippen molar-refractivity contribution >= 4 is 40.8 Å². The van der Waals surface area contributed by atoms with Crippen LogP contribution >= 0.6 is 34.8 Å². The van der Waals surface area contributed by atoms with Crippen LogP contribution in [-0.2, 0) is 9.53 Å². The Morgan fingerprint density at radius 3 is 1.33 bits per heavy atom. The van der Waals surface area contributed by atoms with E-state index in [0.717, 1.165) is 7.11 Å². The Hall–Kier alpha value is 0.300. The lowest BCUT2D eigenvalue weighted by molar-refractivity contribution is -0.140. The third-order valence-corrected chi connectivity index (χ3v) is 1.85. The molecule has 0 aromatic carbocycles. The van der Waals surface area contributed by atoms with Gasteiger partial charge >= 0.3 is 5.97 Å². The van der Waals surface area contributed by atoms with Gasteiger partial charge in [-0.2, -0.15) is 0 Å². The summed E-state index contributed by atoms with van der Waals surface area (Å²) in [4.78, 5) is 9.82. The Balaban J connectivity index is -0.000000179. The van der Waals surface area contributed by atoms with Crippen molar-refractivity contribution in [2.24, 2.45) is 0 Å². The first-order valence-corrected chi connectivity index (χ1v) is 7.32. The van der Waals surface area contributed by atoms with Crippen LogP contribution in [0.3, 0.4) is 0 Å². The van der Waals surface area contributed by atoms with E-state index >= 15 is 0 Å². The fourth-order valence-electron chi connectivity index (χ4n) is 1.26. The molecule has 0 saturated heterocycles. The second-order valence-electron chi connectivity index (χ2n) is 3.29. The number of carbonyl (C=O) groups is 1. The molecular weight excluding hydrogens is 298 g/mol. The average Bonchev–Trinajstić information content (AvgIpc) is 2.34. The molecule has 1 fully saturated rings. The Morgan fingerprint density at radius 1 is 1.06 bits per heavy atom. The van der Waals surface area contributed by atoms with Gasteiger partial charge in [-0.1, -0.05) is 73.3 Å². The van der Waals surface area contributed by atoms with Gasteiger partial charge in [0.05, 0.1) is 6.61 Å². The maximum Gasteiger partial charge on any atom is 0.302 e. The van der Waals surface area contributed by atoms with E-state index in [9.17, 15) is 4.79 Å². The molecule has 0 aromatic rings. The lowest BCUT2D eigenvalue weighted by atomic mass is 10.0. The van der Waals surface area contributed by atoms with Crippen molar-refractivity contribution in [3.8, 4) is 0 Å². The van der Waals surface area contributed by atoms with E-state index in [1.54, 1.807) is 6.92 Å². The highest BCUT2D eigenvalue weighted by atomic mass is 35.6. The first-order chi connectivity index (χ1) is 8.50. The summed E-state index contributed by atoms with van der Waals surface area (Å²) in [5.41, 5.74) is 0. The summed E-state index contributed by atoms with van der Waals surface area (Å²) < 4.78 is 3.65. The molecule has 18 heavy (non-hydrogen) atoms. The monoisotopic (exact) mass is 322 g/mol. The first-order valence-electron chi connectivity index (χ1n) is 6.01. The lowest BCUT2D eigenvalue weighted by Gasteiger charge is -2.05. The summed E-state index contributed by atoms with van der Waals surface area (Å²) >= 11 is 14.4. The molecule has 6 heteroatoms. The van der Waals surface area contributed by atoms with Crippen molar-refractivity contribution in [3.63, 3.8) is 0 Å². The van der Waals surface area contributed by atoms with Crippen LogP contribution in [0.15, 0.2) is 0 Å². The van der Waals surface area contributed by atoms with Crippen LogP contribution in [0.1, 0.15) is 52.4 Å². The second-order valence-corrected chi connectivity index (χ2v) is 5.27. The highest BCUT2D eigenvalue weighted by molar-refractivity contribution is 6.63. The molecule has 112 valence electrons. The van der Waals surface area contributed by atoms with Crippen LogP contribution in [0.2, 0.25) is 0 Å². The molecule has 0 aromatic heterocycles. The number of hydrogen-bond donors (Lipinski definition) is 1. The molecule has 0 radical (unpaired) electrons. The Labute approximate surface area is 126 Å². The number of aliphatic hydroxyl groups excluding tert-OH is 1. The molecule has 0 unspecified atom stereocenters. The van der Waals surface area contributed by atoms with Crippen LogP contribution in [0.4, 0.5) is 0 Å². The molecule has 0 heterocycles. The molecule has 1 rings (SSSR count). The summed E-state index contributed by atoms with van der Waals surface area (Å²) in [6.45, 7) is 3.65. The van der Waals surface area contributed by atoms with Gasteiger partial charge in [0.1, 0.15) is 0 Å². The van der Waals surface area contributed by atoms with E-state index < -0.39 is 4.30 Å². The number of alkyl halides is 3. The fraction of sp³-hybridized carbons (Fsp3) is 0.917. The highest BCUT2D eigenvalue weighted by Crippen LogP contribution is 2.15. The van der Waals surface area contributed by atoms with Crippen molar-refractivity contribution < 1.29 is 14.6 Å². The van der Waals surface area contributed by atoms with Gasteiger partial charge in [0.25, 0.3) is 0 Å². The summed E-state index contributed by atoms with van der Waals surface area (Å²) in [5.74, 6) is -0.211. The average molecular weight is 324 g/mol. The van der Waals surface area contributed by atoms with Crippen molar-refractivity contribution in [1.82, 2.24) is 0 Å². The Kier molecular flexibility index (Phi) is 29.2. The number of rotatable bonds is 1. The molecule has 0 aliphatic heterocycles. The molecule has 1 aliphatic rings. The number of esters is 1. The molecule has 1 aliphatic carbocycles. The standard InChI is InChI=1S/C6H12.C4H8O2.CHCl3.CH4O/c1-2-4-6-5-3-1;1-3-6-4(2)5;2-1(3)4;1-2/h1-6H2;3H2,1-2H3;1H;2H,1H3. The summed E-state index contributed by atoms with van der Waals surface area (Å²) in [6, 6.07) is 0. The molecule has 0 amide bonds. The Morgan fingerprint density at radius 2 is 1.28 bits per heavy atom. The van der Waals surface area contributed by atoms with Crippen LogP contribution in [-0.4, -0.2) is 29.1 Å². The summed E-state index contributed by atoms with van der Waals surface area (Å²) in [5, 5.41) is 7.00. The van der Waals surface area contributed by atoms with Gasteiger partial charge in [-0.05, 0) is 6.92 Å². The molecular formula is C12H25Cl3O3. The van der Waals surface area contributed by atoms with Crippen LogP contribution in [0.25, 0.3) is 0 Å². The molecule has 0 atom stereocenters. The molecule has 1 saturated carbocycles.